The molecule has 0 aromatic carbocycles. The van der Waals surface area contributed by atoms with Crippen LogP contribution in [-0.4, -0.2) is 24.6 Å². The molecule has 0 N–H and O–H groups in total. The number of nitrogens with zero attached hydrogens (tertiary/aromatic N) is 1. The van der Waals surface area contributed by atoms with Crippen molar-refractivity contribution in [3.8, 4) is 6.07 Å². The summed E-state index contributed by atoms with van der Waals surface area (Å²) in [6.07, 6.45) is 10.8. The Hall–Kier alpha value is -2.09. The Morgan fingerprint density at radius 3 is 2.48 bits per heavy atom. The maximum absolute atomic E-state index is 11.4. The largest absolute Gasteiger partial charge is 0.462 e. The van der Waals surface area contributed by atoms with Gasteiger partial charge in [-0.15, -0.1) is 0 Å². The Morgan fingerprint density at radius 1 is 1.10 bits per heavy atom. The minimum absolute atomic E-state index is 0.0303. The van der Waals surface area contributed by atoms with Crippen molar-refractivity contribution < 1.29 is 19.1 Å². The first-order chi connectivity index (χ1) is 14.7. The number of nitriles is 1. The zero-order chi connectivity index (χ0) is 22.4. The highest BCUT2D eigenvalue weighted by atomic mass is 16.5. The number of allylic oxidation sites excluding steroid dienone is 2. The van der Waals surface area contributed by atoms with Gasteiger partial charge in [-0.25, -0.2) is 0 Å². The molecular formula is C26H35NO4. The van der Waals surface area contributed by atoms with Crippen LogP contribution in [0.2, 0.25) is 0 Å². The van der Waals surface area contributed by atoms with Crippen molar-refractivity contribution in [1.29, 1.82) is 5.26 Å². The van der Waals surface area contributed by atoms with Crippen molar-refractivity contribution in [3.63, 3.8) is 0 Å². The number of ether oxygens (including phenoxy) is 2. The van der Waals surface area contributed by atoms with Crippen LogP contribution >= 0.6 is 0 Å². The molecule has 5 nitrogen and oxygen atoms in total. The molecule has 0 amide bonds. The Balaban J connectivity index is 1.58. The first-order valence-electron chi connectivity index (χ1n) is 11.8. The lowest BCUT2D eigenvalue weighted by atomic mass is 9.47. The summed E-state index contributed by atoms with van der Waals surface area (Å²) >= 11 is 0. The fourth-order valence-electron chi connectivity index (χ4n) is 7.63. The number of carbonyl (C=O) groups is 2. The summed E-state index contributed by atoms with van der Waals surface area (Å²) in [5.41, 5.74) is 3.62. The molecule has 0 saturated heterocycles. The van der Waals surface area contributed by atoms with Crippen molar-refractivity contribution in [2.45, 2.75) is 85.2 Å². The Morgan fingerprint density at radius 2 is 1.81 bits per heavy atom. The van der Waals surface area contributed by atoms with Crippen LogP contribution in [0.1, 0.15) is 79.1 Å². The van der Waals surface area contributed by atoms with E-state index in [-0.39, 0.29) is 35.5 Å². The van der Waals surface area contributed by atoms with Gasteiger partial charge in [0.25, 0.3) is 0 Å². The molecule has 4 aliphatic carbocycles. The van der Waals surface area contributed by atoms with E-state index in [1.165, 1.54) is 31.4 Å². The second kappa shape index (κ2) is 8.11. The van der Waals surface area contributed by atoms with Gasteiger partial charge >= 0.3 is 11.9 Å². The van der Waals surface area contributed by atoms with E-state index < -0.39 is 0 Å². The number of carbonyl (C=O) groups excluding carboxylic acids is 2. The van der Waals surface area contributed by atoms with E-state index in [9.17, 15) is 14.9 Å². The number of esters is 2. The highest BCUT2D eigenvalue weighted by Gasteiger charge is 2.57. The van der Waals surface area contributed by atoms with Crippen molar-refractivity contribution in [2.75, 3.05) is 6.61 Å². The average Bonchev–Trinajstić information content (AvgIpc) is 3.05. The normalized spacial score (nSPS) is 40.4. The van der Waals surface area contributed by atoms with Crippen molar-refractivity contribution in [3.05, 3.63) is 22.8 Å². The van der Waals surface area contributed by atoms with E-state index in [4.69, 9.17) is 9.47 Å². The molecule has 0 bridgehead atoms. The standard InChI is InChI=1S/C26H35NO4/c1-16(28)30-15-18(14-27)22-7-8-23-21-6-5-19-13-20(31-17(2)29)9-11-25(19,3)24(21)10-12-26(22,23)4/h5,20-21,23-24H,6-13,15H2,1-4H3/b22-18-. The van der Waals surface area contributed by atoms with Gasteiger partial charge < -0.3 is 9.47 Å². The quantitative estimate of drug-likeness (QED) is 0.350. The summed E-state index contributed by atoms with van der Waals surface area (Å²) in [4.78, 5) is 22.7. The van der Waals surface area contributed by atoms with E-state index in [2.05, 4.69) is 26.0 Å². The number of fused-ring (bicyclic) bond motifs is 5. The van der Waals surface area contributed by atoms with Gasteiger partial charge in [0.1, 0.15) is 12.7 Å². The zero-order valence-corrected chi connectivity index (χ0v) is 19.3. The molecule has 0 spiro atoms. The second-order valence-electron chi connectivity index (χ2n) is 10.6. The molecule has 0 aliphatic heterocycles. The predicted molar refractivity (Wildman–Crippen MR) is 117 cm³/mol. The minimum Gasteiger partial charge on any atom is -0.462 e. The molecule has 3 saturated carbocycles. The van der Waals surface area contributed by atoms with Gasteiger partial charge in [-0.1, -0.05) is 25.5 Å². The van der Waals surface area contributed by atoms with Gasteiger partial charge in [0.15, 0.2) is 0 Å². The third-order valence-corrected chi connectivity index (χ3v) is 9.09. The van der Waals surface area contributed by atoms with Crippen LogP contribution in [-0.2, 0) is 19.1 Å². The van der Waals surface area contributed by atoms with Crippen LogP contribution in [0, 0.1) is 39.9 Å². The molecule has 3 fully saturated rings. The van der Waals surface area contributed by atoms with Gasteiger partial charge in [-0.05, 0) is 79.1 Å². The lowest BCUT2D eigenvalue weighted by Crippen LogP contribution is -2.49. The van der Waals surface area contributed by atoms with Crippen LogP contribution in [0.25, 0.3) is 0 Å². The zero-order valence-electron chi connectivity index (χ0n) is 19.3. The van der Waals surface area contributed by atoms with Crippen LogP contribution in [0.4, 0.5) is 0 Å². The van der Waals surface area contributed by atoms with Crippen molar-refractivity contribution >= 4 is 11.9 Å². The summed E-state index contributed by atoms with van der Waals surface area (Å²) in [7, 11) is 0. The van der Waals surface area contributed by atoms with E-state index in [0.29, 0.717) is 23.3 Å². The molecular weight excluding hydrogens is 390 g/mol. The van der Waals surface area contributed by atoms with Crippen molar-refractivity contribution in [1.82, 2.24) is 0 Å². The predicted octanol–water partition coefficient (Wildman–Crippen LogP) is 5.26. The number of rotatable bonds is 3. The molecule has 6 unspecified atom stereocenters. The Labute approximate surface area is 185 Å². The summed E-state index contributed by atoms with van der Waals surface area (Å²) in [6, 6.07) is 2.35. The van der Waals surface area contributed by atoms with E-state index in [0.717, 1.165) is 44.9 Å². The number of hydrogen-bond acceptors (Lipinski definition) is 5. The molecule has 0 heterocycles. The highest BCUT2D eigenvalue weighted by Crippen LogP contribution is 2.66. The maximum Gasteiger partial charge on any atom is 0.302 e. The lowest BCUT2D eigenvalue weighted by Gasteiger charge is -2.57. The van der Waals surface area contributed by atoms with E-state index in [1.54, 1.807) is 0 Å². The second-order valence-corrected chi connectivity index (χ2v) is 10.6. The molecule has 6 atom stereocenters. The van der Waals surface area contributed by atoms with Crippen LogP contribution < -0.4 is 0 Å². The smallest absolute Gasteiger partial charge is 0.302 e. The SMILES string of the molecule is CC(=O)OC/C(C#N)=C1/CCC2C3CC=C4CC(OC(C)=O)CCC4(C)C3CCC12C. The first kappa shape index (κ1) is 22.1. The van der Waals surface area contributed by atoms with E-state index in [1.807, 2.05) is 0 Å². The molecule has 31 heavy (non-hydrogen) atoms. The Kier molecular flexibility index (Phi) is 5.79. The van der Waals surface area contributed by atoms with Gasteiger partial charge in [0.2, 0.25) is 0 Å². The molecule has 5 heteroatoms. The summed E-state index contributed by atoms with van der Waals surface area (Å²) in [6.45, 7) is 7.79. The monoisotopic (exact) mass is 425 g/mol. The van der Waals surface area contributed by atoms with Gasteiger partial charge in [-0.2, -0.15) is 5.26 Å². The summed E-state index contributed by atoms with van der Waals surface area (Å²) in [5, 5.41) is 9.77. The molecule has 168 valence electrons. The number of hydrogen-bond donors (Lipinski definition) is 0. The summed E-state index contributed by atoms with van der Waals surface area (Å²) < 4.78 is 10.7. The minimum atomic E-state index is -0.334. The fraction of sp³-hybridized carbons (Fsp3) is 0.731. The van der Waals surface area contributed by atoms with Crippen LogP contribution in [0.5, 0.6) is 0 Å². The maximum atomic E-state index is 11.4. The third-order valence-electron chi connectivity index (χ3n) is 9.09. The molecule has 4 aliphatic rings. The van der Waals surface area contributed by atoms with Gasteiger partial charge in [0.05, 0.1) is 11.6 Å². The van der Waals surface area contributed by atoms with E-state index >= 15 is 0 Å². The fourth-order valence-corrected chi connectivity index (χ4v) is 7.63. The average molecular weight is 426 g/mol. The first-order valence-corrected chi connectivity index (χ1v) is 11.8. The van der Waals surface area contributed by atoms with Gasteiger partial charge in [-0.3, -0.25) is 9.59 Å². The third kappa shape index (κ3) is 3.73. The Bertz CT molecular complexity index is 880. The topological polar surface area (TPSA) is 76.4 Å². The lowest BCUT2D eigenvalue weighted by molar-refractivity contribution is -0.148. The van der Waals surface area contributed by atoms with Gasteiger partial charge in [0, 0.05) is 20.3 Å². The summed E-state index contributed by atoms with van der Waals surface area (Å²) in [5.74, 6) is 1.34. The molecule has 0 aromatic rings. The van der Waals surface area contributed by atoms with Crippen LogP contribution in [0.15, 0.2) is 22.8 Å². The molecule has 0 aromatic heterocycles. The van der Waals surface area contributed by atoms with Crippen LogP contribution in [0.3, 0.4) is 0 Å². The highest BCUT2D eigenvalue weighted by molar-refractivity contribution is 5.66. The van der Waals surface area contributed by atoms with Crippen molar-refractivity contribution in [2.24, 2.45) is 28.6 Å². The molecule has 4 rings (SSSR count). The molecule has 0 radical (unpaired) electrons.